The smallest absolute Gasteiger partial charge is 0.315 e. The van der Waals surface area contributed by atoms with Crippen molar-refractivity contribution in [2.45, 2.75) is 24.4 Å². The second kappa shape index (κ2) is 7.23. The minimum Gasteiger partial charge on any atom is -0.334 e. The third-order valence-corrected chi connectivity index (χ3v) is 4.47. The molecule has 0 saturated carbocycles. The first-order valence-electron chi connectivity index (χ1n) is 7.09. The Labute approximate surface area is 135 Å². The first kappa shape index (κ1) is 17.0. The van der Waals surface area contributed by atoms with Gasteiger partial charge in [-0.15, -0.1) is 0 Å². The molecule has 0 aliphatic carbocycles. The van der Waals surface area contributed by atoms with Crippen molar-refractivity contribution in [1.29, 1.82) is 0 Å². The van der Waals surface area contributed by atoms with Crippen LogP contribution in [-0.4, -0.2) is 25.7 Å². The summed E-state index contributed by atoms with van der Waals surface area (Å²) in [4.78, 5) is 16.2. The van der Waals surface area contributed by atoms with Gasteiger partial charge in [0.25, 0.3) is 0 Å². The number of pyridine rings is 1. The number of benzene rings is 1. The van der Waals surface area contributed by atoms with Crippen LogP contribution in [0.5, 0.6) is 0 Å². The Kier molecular flexibility index (Phi) is 5.33. The third-order valence-electron chi connectivity index (χ3n) is 3.34. The molecule has 0 radical (unpaired) electrons. The van der Waals surface area contributed by atoms with E-state index < -0.39 is 9.84 Å². The summed E-state index contributed by atoms with van der Waals surface area (Å²) < 4.78 is 22.8. The normalized spacial score (nSPS) is 12.4. The summed E-state index contributed by atoms with van der Waals surface area (Å²) in [5, 5.41) is 5.55. The van der Waals surface area contributed by atoms with Crippen LogP contribution in [0.4, 0.5) is 4.79 Å². The van der Waals surface area contributed by atoms with Crippen molar-refractivity contribution in [1.82, 2.24) is 15.6 Å². The molecule has 122 valence electrons. The van der Waals surface area contributed by atoms with E-state index in [1.165, 1.54) is 12.1 Å². The van der Waals surface area contributed by atoms with E-state index in [2.05, 4.69) is 15.6 Å². The van der Waals surface area contributed by atoms with Crippen molar-refractivity contribution in [3.05, 3.63) is 59.9 Å². The monoisotopic (exact) mass is 333 g/mol. The van der Waals surface area contributed by atoms with Crippen molar-refractivity contribution in [2.75, 3.05) is 6.26 Å². The Bertz CT molecular complexity index is 759. The number of sulfone groups is 1. The fraction of sp³-hybridized carbons (Fsp3) is 0.250. The zero-order valence-electron chi connectivity index (χ0n) is 13.0. The molecule has 6 nitrogen and oxygen atoms in total. The fourth-order valence-corrected chi connectivity index (χ4v) is 2.63. The minimum atomic E-state index is -3.20. The van der Waals surface area contributed by atoms with Crippen LogP contribution in [0.1, 0.15) is 24.1 Å². The number of aromatic nitrogens is 1. The molecular formula is C16H19N3O3S. The summed E-state index contributed by atoms with van der Waals surface area (Å²) in [5.74, 6) is 0. The van der Waals surface area contributed by atoms with Crippen molar-refractivity contribution in [3.63, 3.8) is 0 Å². The number of nitrogens with zero attached hydrogens (tertiary/aromatic N) is 1. The van der Waals surface area contributed by atoms with E-state index in [4.69, 9.17) is 0 Å². The Balaban J connectivity index is 1.87. The van der Waals surface area contributed by atoms with E-state index in [1.807, 2.05) is 19.1 Å². The van der Waals surface area contributed by atoms with Gasteiger partial charge in [-0.1, -0.05) is 18.2 Å². The molecule has 2 rings (SSSR count). The molecule has 1 heterocycles. The summed E-state index contributed by atoms with van der Waals surface area (Å²) >= 11 is 0. The highest BCUT2D eigenvalue weighted by Crippen LogP contribution is 2.11. The number of nitrogens with one attached hydrogen (secondary N) is 2. The van der Waals surface area contributed by atoms with E-state index in [9.17, 15) is 13.2 Å². The lowest BCUT2D eigenvalue weighted by Gasteiger charge is -2.14. The Hall–Kier alpha value is -2.41. The average molecular weight is 333 g/mol. The number of rotatable bonds is 5. The van der Waals surface area contributed by atoms with Crippen LogP contribution in [-0.2, 0) is 16.4 Å². The first-order valence-corrected chi connectivity index (χ1v) is 8.98. The maximum Gasteiger partial charge on any atom is 0.315 e. The van der Waals surface area contributed by atoms with Crippen LogP contribution in [0.3, 0.4) is 0 Å². The molecule has 7 heteroatoms. The van der Waals surface area contributed by atoms with Crippen LogP contribution in [0.2, 0.25) is 0 Å². The van der Waals surface area contributed by atoms with Gasteiger partial charge < -0.3 is 10.6 Å². The topological polar surface area (TPSA) is 88.2 Å². The van der Waals surface area contributed by atoms with Gasteiger partial charge in [-0.05, 0) is 36.2 Å². The molecule has 0 bridgehead atoms. The average Bonchev–Trinajstić information content (AvgIpc) is 2.53. The molecule has 2 N–H and O–H groups in total. The molecule has 2 aromatic rings. The van der Waals surface area contributed by atoms with E-state index in [1.54, 1.807) is 24.5 Å². The number of hydrogen-bond donors (Lipinski definition) is 2. The van der Waals surface area contributed by atoms with E-state index >= 15 is 0 Å². The van der Waals surface area contributed by atoms with Crippen LogP contribution in [0, 0.1) is 0 Å². The second-order valence-corrected chi connectivity index (χ2v) is 7.27. The second-order valence-electron chi connectivity index (χ2n) is 5.25. The van der Waals surface area contributed by atoms with Crippen molar-refractivity contribution in [2.24, 2.45) is 0 Å². The molecule has 23 heavy (non-hydrogen) atoms. The van der Waals surface area contributed by atoms with Crippen LogP contribution in [0.15, 0.2) is 53.7 Å². The van der Waals surface area contributed by atoms with Gasteiger partial charge in [0.1, 0.15) is 0 Å². The van der Waals surface area contributed by atoms with Gasteiger partial charge in [0.2, 0.25) is 0 Å². The van der Waals surface area contributed by atoms with Gasteiger partial charge in [-0.3, -0.25) is 4.98 Å². The Morgan fingerprint density at radius 1 is 1.22 bits per heavy atom. The number of urea groups is 1. The third kappa shape index (κ3) is 5.07. The molecule has 0 fully saturated rings. The lowest BCUT2D eigenvalue weighted by molar-refractivity contribution is 0.237. The minimum absolute atomic E-state index is 0.156. The lowest BCUT2D eigenvalue weighted by Crippen LogP contribution is -2.36. The van der Waals surface area contributed by atoms with E-state index in [0.717, 1.165) is 17.4 Å². The fourth-order valence-electron chi connectivity index (χ4n) is 2.00. The Morgan fingerprint density at radius 3 is 2.48 bits per heavy atom. The van der Waals surface area contributed by atoms with E-state index in [0.29, 0.717) is 6.54 Å². The molecule has 2 amide bonds. The number of amides is 2. The predicted octanol–water partition coefficient (Wildman–Crippen LogP) is 2.05. The zero-order valence-corrected chi connectivity index (χ0v) is 13.8. The molecule has 1 unspecified atom stereocenters. The molecule has 0 aliphatic rings. The van der Waals surface area contributed by atoms with Gasteiger partial charge in [0.05, 0.1) is 10.9 Å². The summed E-state index contributed by atoms with van der Waals surface area (Å²) in [6, 6.07) is 9.68. The van der Waals surface area contributed by atoms with Gasteiger partial charge >= 0.3 is 6.03 Å². The van der Waals surface area contributed by atoms with Crippen LogP contribution in [0.25, 0.3) is 0 Å². The van der Waals surface area contributed by atoms with E-state index in [-0.39, 0.29) is 17.0 Å². The Morgan fingerprint density at radius 2 is 1.91 bits per heavy atom. The largest absolute Gasteiger partial charge is 0.334 e. The summed E-state index contributed by atoms with van der Waals surface area (Å²) in [6.45, 7) is 2.19. The van der Waals surface area contributed by atoms with Crippen LogP contribution >= 0.6 is 0 Å². The maximum absolute atomic E-state index is 11.9. The standard InChI is InChI=1S/C16H19N3O3S/c1-12(14-4-3-9-17-11-14)19-16(20)18-10-13-5-7-15(8-6-13)23(2,21)22/h3-9,11-12H,10H2,1-2H3,(H2,18,19,20). The predicted molar refractivity (Wildman–Crippen MR) is 87.6 cm³/mol. The first-order chi connectivity index (χ1) is 10.9. The SMILES string of the molecule is CC(NC(=O)NCc1ccc(S(C)(=O)=O)cc1)c1cccnc1. The molecule has 0 saturated heterocycles. The maximum atomic E-state index is 11.9. The highest BCUT2D eigenvalue weighted by Gasteiger charge is 2.10. The molecule has 1 atom stereocenters. The molecule has 0 spiro atoms. The summed E-state index contributed by atoms with van der Waals surface area (Å²) in [5.41, 5.74) is 1.74. The molecule has 0 aliphatic heterocycles. The van der Waals surface area contributed by atoms with Gasteiger partial charge in [0, 0.05) is 25.2 Å². The molecule has 1 aromatic heterocycles. The van der Waals surface area contributed by atoms with Crippen molar-refractivity contribution < 1.29 is 13.2 Å². The van der Waals surface area contributed by atoms with Gasteiger partial charge in [-0.25, -0.2) is 13.2 Å². The molecular weight excluding hydrogens is 314 g/mol. The lowest BCUT2D eigenvalue weighted by atomic mass is 10.1. The highest BCUT2D eigenvalue weighted by atomic mass is 32.2. The van der Waals surface area contributed by atoms with Crippen molar-refractivity contribution in [3.8, 4) is 0 Å². The zero-order chi connectivity index (χ0) is 16.9. The quantitative estimate of drug-likeness (QED) is 0.876. The van der Waals surface area contributed by atoms with Gasteiger partial charge in [0.15, 0.2) is 9.84 Å². The van der Waals surface area contributed by atoms with Crippen LogP contribution < -0.4 is 10.6 Å². The van der Waals surface area contributed by atoms with Gasteiger partial charge in [-0.2, -0.15) is 0 Å². The molecule has 1 aromatic carbocycles. The number of hydrogen-bond acceptors (Lipinski definition) is 4. The van der Waals surface area contributed by atoms with Crippen molar-refractivity contribution >= 4 is 15.9 Å². The number of carbonyl (C=O) groups excluding carboxylic acids is 1. The number of carbonyl (C=O) groups is 1. The summed E-state index contributed by atoms with van der Waals surface area (Å²) in [7, 11) is -3.20. The highest BCUT2D eigenvalue weighted by molar-refractivity contribution is 7.90. The summed E-state index contributed by atoms with van der Waals surface area (Å²) in [6.07, 6.45) is 4.54.